The molecule has 1 aromatic rings. The van der Waals surface area contributed by atoms with Gasteiger partial charge >= 0.3 is 0 Å². The Hall–Kier alpha value is -0.500. The average Bonchev–Trinajstić information content (AvgIpc) is 2.36. The standard InChI is InChI=1S/C8H13ClN2/c1-3-4-7(2)8-10-5-6-11(8)9/h5-7H,3-4H2,1-2H3. The van der Waals surface area contributed by atoms with Crippen LogP contribution in [0, 0.1) is 0 Å². The molecule has 0 aromatic carbocycles. The fourth-order valence-electron chi connectivity index (χ4n) is 1.20. The second kappa shape index (κ2) is 3.77. The van der Waals surface area contributed by atoms with E-state index in [0.717, 1.165) is 12.2 Å². The first kappa shape index (κ1) is 8.60. The van der Waals surface area contributed by atoms with Crippen LogP contribution in [-0.4, -0.2) is 9.07 Å². The normalized spacial score (nSPS) is 13.4. The minimum Gasteiger partial charge on any atom is -0.246 e. The quantitative estimate of drug-likeness (QED) is 0.686. The van der Waals surface area contributed by atoms with Gasteiger partial charge < -0.3 is 0 Å². The molecule has 0 aliphatic heterocycles. The van der Waals surface area contributed by atoms with E-state index in [1.807, 2.05) is 0 Å². The molecule has 1 atom stereocenters. The average molecular weight is 173 g/mol. The summed E-state index contributed by atoms with van der Waals surface area (Å²) in [6.07, 6.45) is 5.81. The maximum absolute atomic E-state index is 5.82. The van der Waals surface area contributed by atoms with Crippen molar-refractivity contribution in [3.05, 3.63) is 18.2 Å². The second-order valence-electron chi connectivity index (χ2n) is 2.79. The molecule has 62 valence electrons. The Labute approximate surface area is 72.3 Å². The van der Waals surface area contributed by atoms with Crippen LogP contribution in [0.1, 0.15) is 38.4 Å². The van der Waals surface area contributed by atoms with Gasteiger partial charge in [0.1, 0.15) is 5.82 Å². The van der Waals surface area contributed by atoms with Crippen molar-refractivity contribution < 1.29 is 0 Å². The Morgan fingerprint density at radius 3 is 2.91 bits per heavy atom. The highest BCUT2D eigenvalue weighted by Gasteiger charge is 2.08. The number of nitrogens with zero attached hydrogens (tertiary/aromatic N) is 2. The van der Waals surface area contributed by atoms with Gasteiger partial charge in [0.05, 0.1) is 0 Å². The van der Waals surface area contributed by atoms with Gasteiger partial charge in [-0.15, -0.1) is 0 Å². The van der Waals surface area contributed by atoms with Crippen LogP contribution < -0.4 is 0 Å². The molecule has 1 unspecified atom stereocenters. The van der Waals surface area contributed by atoms with E-state index in [-0.39, 0.29) is 0 Å². The van der Waals surface area contributed by atoms with Crippen LogP contribution in [0.5, 0.6) is 0 Å². The minimum absolute atomic E-state index is 0.465. The molecular weight excluding hydrogens is 160 g/mol. The Morgan fingerprint density at radius 1 is 1.73 bits per heavy atom. The van der Waals surface area contributed by atoms with Crippen LogP contribution in [0.25, 0.3) is 0 Å². The number of aromatic nitrogens is 2. The third-order valence-corrected chi connectivity index (χ3v) is 2.07. The van der Waals surface area contributed by atoms with Crippen molar-refractivity contribution in [1.29, 1.82) is 0 Å². The van der Waals surface area contributed by atoms with E-state index in [4.69, 9.17) is 11.8 Å². The molecule has 2 nitrogen and oxygen atoms in total. The minimum atomic E-state index is 0.465. The number of imidazole rings is 1. The van der Waals surface area contributed by atoms with Gasteiger partial charge in [-0.3, -0.25) is 0 Å². The summed E-state index contributed by atoms with van der Waals surface area (Å²) in [5, 5.41) is 0. The summed E-state index contributed by atoms with van der Waals surface area (Å²) >= 11 is 5.82. The predicted octanol–water partition coefficient (Wildman–Crippen LogP) is 2.79. The van der Waals surface area contributed by atoms with Crippen molar-refractivity contribution in [2.75, 3.05) is 0 Å². The van der Waals surface area contributed by atoms with Crippen LogP contribution in [0.3, 0.4) is 0 Å². The highest BCUT2D eigenvalue weighted by molar-refractivity contribution is 6.15. The van der Waals surface area contributed by atoms with E-state index >= 15 is 0 Å². The molecule has 11 heavy (non-hydrogen) atoms. The van der Waals surface area contributed by atoms with Crippen molar-refractivity contribution in [3.63, 3.8) is 0 Å². The summed E-state index contributed by atoms with van der Waals surface area (Å²) in [6, 6.07) is 0. The molecule has 3 heteroatoms. The molecule has 0 N–H and O–H groups in total. The van der Waals surface area contributed by atoms with Gasteiger partial charge in [0.2, 0.25) is 0 Å². The molecule has 0 saturated heterocycles. The summed E-state index contributed by atoms with van der Waals surface area (Å²) in [5.74, 6) is 1.43. The number of hydrogen-bond donors (Lipinski definition) is 0. The lowest BCUT2D eigenvalue weighted by Crippen LogP contribution is -1.98. The van der Waals surface area contributed by atoms with E-state index < -0.39 is 0 Å². The van der Waals surface area contributed by atoms with Gasteiger partial charge in [0.15, 0.2) is 0 Å². The first-order valence-electron chi connectivity index (χ1n) is 3.95. The van der Waals surface area contributed by atoms with Gasteiger partial charge in [-0.05, 0) is 6.42 Å². The van der Waals surface area contributed by atoms with Gasteiger partial charge in [0, 0.05) is 30.1 Å². The van der Waals surface area contributed by atoms with Gasteiger partial charge in [-0.2, -0.15) is 0 Å². The molecular formula is C8H13ClN2. The molecule has 0 aliphatic carbocycles. The lowest BCUT2D eigenvalue weighted by atomic mass is 10.1. The summed E-state index contributed by atoms with van der Waals surface area (Å²) in [6.45, 7) is 4.31. The Balaban J connectivity index is 2.67. The van der Waals surface area contributed by atoms with Crippen molar-refractivity contribution in [2.45, 2.75) is 32.6 Å². The third kappa shape index (κ3) is 1.96. The van der Waals surface area contributed by atoms with E-state index in [1.165, 1.54) is 6.42 Å². The van der Waals surface area contributed by atoms with Crippen molar-refractivity contribution in [1.82, 2.24) is 9.07 Å². The van der Waals surface area contributed by atoms with Crippen LogP contribution in [0.2, 0.25) is 0 Å². The van der Waals surface area contributed by atoms with E-state index in [2.05, 4.69) is 18.8 Å². The molecule has 0 radical (unpaired) electrons. The predicted molar refractivity (Wildman–Crippen MR) is 46.8 cm³/mol. The maximum atomic E-state index is 5.82. The molecule has 0 spiro atoms. The summed E-state index contributed by atoms with van der Waals surface area (Å²) in [4.78, 5) is 4.17. The number of hydrogen-bond acceptors (Lipinski definition) is 1. The molecule has 1 aromatic heterocycles. The third-order valence-electron chi connectivity index (χ3n) is 1.79. The highest BCUT2D eigenvalue weighted by atomic mass is 35.5. The maximum Gasteiger partial charge on any atom is 0.126 e. The van der Waals surface area contributed by atoms with Crippen LogP contribution in [0.15, 0.2) is 12.4 Å². The first-order valence-corrected chi connectivity index (χ1v) is 4.29. The van der Waals surface area contributed by atoms with Crippen molar-refractivity contribution in [2.24, 2.45) is 0 Å². The first-order chi connectivity index (χ1) is 5.25. The van der Waals surface area contributed by atoms with Gasteiger partial charge in [-0.1, -0.05) is 20.3 Å². The number of rotatable bonds is 3. The Morgan fingerprint density at radius 2 is 2.45 bits per heavy atom. The van der Waals surface area contributed by atoms with E-state index in [1.54, 1.807) is 16.5 Å². The molecule has 0 saturated carbocycles. The van der Waals surface area contributed by atoms with Crippen LogP contribution in [-0.2, 0) is 0 Å². The Kier molecular flexibility index (Phi) is 2.94. The molecule has 0 amide bonds. The lowest BCUT2D eigenvalue weighted by Gasteiger charge is -2.07. The van der Waals surface area contributed by atoms with Crippen LogP contribution in [0.4, 0.5) is 0 Å². The topological polar surface area (TPSA) is 17.8 Å². The largest absolute Gasteiger partial charge is 0.246 e. The van der Waals surface area contributed by atoms with Gasteiger partial charge in [0.25, 0.3) is 0 Å². The Bertz CT molecular complexity index is 220. The van der Waals surface area contributed by atoms with Crippen molar-refractivity contribution in [3.8, 4) is 0 Å². The second-order valence-corrected chi connectivity index (χ2v) is 3.15. The van der Waals surface area contributed by atoms with E-state index in [0.29, 0.717) is 5.92 Å². The fourth-order valence-corrected chi connectivity index (χ4v) is 1.46. The molecule has 0 fully saturated rings. The number of halogens is 1. The summed E-state index contributed by atoms with van der Waals surface area (Å²) < 4.78 is 1.57. The zero-order valence-corrected chi connectivity index (χ0v) is 7.67. The fraction of sp³-hybridized carbons (Fsp3) is 0.625. The van der Waals surface area contributed by atoms with E-state index in [9.17, 15) is 0 Å². The molecule has 0 bridgehead atoms. The zero-order chi connectivity index (χ0) is 8.27. The van der Waals surface area contributed by atoms with Gasteiger partial charge in [-0.25, -0.2) is 9.07 Å². The molecule has 0 aliphatic rings. The summed E-state index contributed by atoms with van der Waals surface area (Å²) in [7, 11) is 0. The smallest absolute Gasteiger partial charge is 0.126 e. The molecule has 1 heterocycles. The summed E-state index contributed by atoms with van der Waals surface area (Å²) in [5.41, 5.74) is 0. The lowest BCUT2D eigenvalue weighted by molar-refractivity contribution is 0.627. The molecule has 1 rings (SSSR count). The monoisotopic (exact) mass is 172 g/mol. The zero-order valence-electron chi connectivity index (χ0n) is 6.92. The SMILES string of the molecule is CCCC(C)c1nccn1Cl. The van der Waals surface area contributed by atoms with Crippen molar-refractivity contribution >= 4 is 11.8 Å². The highest BCUT2D eigenvalue weighted by Crippen LogP contribution is 2.18. The van der Waals surface area contributed by atoms with Crippen LogP contribution >= 0.6 is 11.8 Å².